The van der Waals surface area contributed by atoms with Crippen LogP contribution in [0.4, 0.5) is 5.13 Å². The van der Waals surface area contributed by atoms with E-state index >= 15 is 0 Å². The van der Waals surface area contributed by atoms with Crippen LogP contribution in [-0.2, 0) is 11.3 Å². The molecule has 1 aliphatic rings. The molecule has 2 heterocycles. The molecule has 0 aromatic carbocycles. The molecule has 2 rings (SSSR count). The minimum absolute atomic E-state index is 0.225. The predicted molar refractivity (Wildman–Crippen MR) is 68.7 cm³/mol. The first kappa shape index (κ1) is 12.3. The van der Waals surface area contributed by atoms with Crippen LogP contribution in [0, 0.1) is 0 Å². The average Bonchev–Trinajstić information content (AvgIpc) is 2.60. The fraction of sp³-hybridized carbons (Fsp3) is 0.636. The van der Waals surface area contributed by atoms with Gasteiger partial charge in [-0.25, -0.2) is 4.98 Å². The van der Waals surface area contributed by atoms with E-state index in [9.17, 15) is 4.79 Å². The Balaban J connectivity index is 1.95. The van der Waals surface area contributed by atoms with Gasteiger partial charge in [0.15, 0.2) is 5.13 Å². The lowest BCUT2D eigenvalue weighted by Crippen LogP contribution is -2.36. The maximum atomic E-state index is 11.9. The highest BCUT2D eigenvalue weighted by atomic mass is 32.1. The molecule has 94 valence electrons. The molecule has 1 amide bonds. The summed E-state index contributed by atoms with van der Waals surface area (Å²) in [5.41, 5.74) is 5.60. The lowest BCUT2D eigenvalue weighted by Gasteiger charge is -2.19. The molecule has 1 saturated heterocycles. The van der Waals surface area contributed by atoms with Gasteiger partial charge in [-0.15, -0.1) is 11.3 Å². The third-order valence-corrected chi connectivity index (χ3v) is 3.76. The molecule has 1 aliphatic heterocycles. The second-order valence-corrected chi connectivity index (χ2v) is 5.35. The Bertz CT molecular complexity index is 393. The second kappa shape index (κ2) is 5.46. The Labute approximate surface area is 105 Å². The van der Waals surface area contributed by atoms with Crippen molar-refractivity contribution in [1.29, 1.82) is 0 Å². The number of nitrogens with two attached hydrogens (primary N) is 1. The van der Waals surface area contributed by atoms with Gasteiger partial charge in [-0.1, -0.05) is 0 Å². The molecule has 0 radical (unpaired) electrons. The van der Waals surface area contributed by atoms with Crippen molar-refractivity contribution in [2.45, 2.75) is 19.9 Å². The van der Waals surface area contributed by atoms with Crippen molar-refractivity contribution in [3.05, 3.63) is 11.1 Å². The predicted octanol–water partition coefficient (Wildman–Crippen LogP) is 0.779. The van der Waals surface area contributed by atoms with Gasteiger partial charge in [0.1, 0.15) is 0 Å². The molecule has 0 atom stereocenters. The van der Waals surface area contributed by atoms with Crippen molar-refractivity contribution < 1.29 is 4.79 Å². The Morgan fingerprint density at radius 2 is 2.35 bits per heavy atom. The summed E-state index contributed by atoms with van der Waals surface area (Å²) in [6.07, 6.45) is 2.83. The zero-order chi connectivity index (χ0) is 12.3. The van der Waals surface area contributed by atoms with Crippen molar-refractivity contribution in [3.63, 3.8) is 0 Å². The van der Waals surface area contributed by atoms with E-state index in [4.69, 9.17) is 5.73 Å². The molecule has 0 saturated carbocycles. The first-order valence-corrected chi connectivity index (χ1v) is 6.71. The van der Waals surface area contributed by atoms with Gasteiger partial charge in [0, 0.05) is 37.3 Å². The van der Waals surface area contributed by atoms with Gasteiger partial charge in [0.2, 0.25) is 5.91 Å². The number of thiazole rings is 1. The highest BCUT2D eigenvalue weighted by Gasteiger charge is 2.20. The van der Waals surface area contributed by atoms with Crippen molar-refractivity contribution in [1.82, 2.24) is 14.8 Å². The summed E-state index contributed by atoms with van der Waals surface area (Å²) in [7, 11) is 0. The van der Waals surface area contributed by atoms with Gasteiger partial charge in [0.25, 0.3) is 0 Å². The van der Waals surface area contributed by atoms with Crippen molar-refractivity contribution in [3.8, 4) is 0 Å². The SMILES string of the molecule is CCN1CCCN(Cc2cnc(N)s2)CC1=O. The maximum absolute atomic E-state index is 11.9. The number of carbonyl (C=O) groups excluding carboxylic acids is 1. The van der Waals surface area contributed by atoms with E-state index in [1.54, 1.807) is 6.20 Å². The van der Waals surface area contributed by atoms with E-state index in [1.807, 2.05) is 11.8 Å². The number of nitrogens with zero attached hydrogens (tertiary/aromatic N) is 3. The third-order valence-electron chi connectivity index (χ3n) is 2.95. The Kier molecular flexibility index (Phi) is 3.96. The molecule has 17 heavy (non-hydrogen) atoms. The number of nitrogen functional groups attached to an aromatic ring is 1. The molecular weight excluding hydrogens is 236 g/mol. The van der Waals surface area contributed by atoms with Gasteiger partial charge < -0.3 is 10.6 Å². The van der Waals surface area contributed by atoms with E-state index in [1.165, 1.54) is 11.3 Å². The Hall–Kier alpha value is -1.14. The number of aromatic nitrogens is 1. The summed E-state index contributed by atoms with van der Waals surface area (Å²) in [6, 6.07) is 0. The topological polar surface area (TPSA) is 62.5 Å². The molecule has 1 fully saturated rings. The molecule has 6 heteroatoms. The van der Waals surface area contributed by atoms with Crippen molar-refractivity contribution >= 4 is 22.4 Å². The van der Waals surface area contributed by atoms with Gasteiger partial charge >= 0.3 is 0 Å². The van der Waals surface area contributed by atoms with Gasteiger partial charge in [-0.2, -0.15) is 0 Å². The zero-order valence-corrected chi connectivity index (χ0v) is 10.9. The van der Waals surface area contributed by atoms with E-state index in [0.717, 1.165) is 37.5 Å². The first-order valence-electron chi connectivity index (χ1n) is 5.89. The molecule has 2 N–H and O–H groups in total. The largest absolute Gasteiger partial charge is 0.375 e. The number of carbonyl (C=O) groups is 1. The number of rotatable bonds is 3. The van der Waals surface area contributed by atoms with Crippen LogP contribution in [0.5, 0.6) is 0 Å². The Morgan fingerprint density at radius 1 is 1.53 bits per heavy atom. The monoisotopic (exact) mass is 254 g/mol. The van der Waals surface area contributed by atoms with E-state index < -0.39 is 0 Å². The summed E-state index contributed by atoms with van der Waals surface area (Å²) in [4.78, 5) is 21.1. The minimum atomic E-state index is 0.225. The number of anilines is 1. The van der Waals surface area contributed by atoms with Crippen molar-refractivity contribution in [2.75, 3.05) is 31.9 Å². The van der Waals surface area contributed by atoms with Gasteiger partial charge in [-0.3, -0.25) is 9.69 Å². The molecule has 5 nitrogen and oxygen atoms in total. The lowest BCUT2D eigenvalue weighted by molar-refractivity contribution is -0.131. The third kappa shape index (κ3) is 3.17. The van der Waals surface area contributed by atoms with E-state index in [2.05, 4.69) is 9.88 Å². The van der Waals surface area contributed by atoms with Crippen LogP contribution in [0.25, 0.3) is 0 Å². The fourth-order valence-electron chi connectivity index (χ4n) is 2.07. The smallest absolute Gasteiger partial charge is 0.236 e. The van der Waals surface area contributed by atoms with Crippen molar-refractivity contribution in [2.24, 2.45) is 0 Å². The summed E-state index contributed by atoms with van der Waals surface area (Å²) in [5.74, 6) is 0.225. The molecular formula is C11H18N4OS. The zero-order valence-electron chi connectivity index (χ0n) is 10.1. The van der Waals surface area contributed by atoms with Crippen LogP contribution in [0.15, 0.2) is 6.20 Å². The molecule has 1 aromatic heterocycles. The average molecular weight is 254 g/mol. The van der Waals surface area contributed by atoms with Crippen LogP contribution in [0.2, 0.25) is 0 Å². The summed E-state index contributed by atoms with van der Waals surface area (Å²) >= 11 is 1.50. The highest BCUT2D eigenvalue weighted by molar-refractivity contribution is 7.15. The van der Waals surface area contributed by atoms with Crippen LogP contribution >= 0.6 is 11.3 Å². The molecule has 0 aliphatic carbocycles. The number of hydrogen-bond donors (Lipinski definition) is 1. The molecule has 0 spiro atoms. The maximum Gasteiger partial charge on any atom is 0.236 e. The van der Waals surface area contributed by atoms with Gasteiger partial charge in [0.05, 0.1) is 6.54 Å². The fourth-order valence-corrected chi connectivity index (χ4v) is 2.79. The normalized spacial score (nSPS) is 18.4. The van der Waals surface area contributed by atoms with Crippen LogP contribution in [-0.4, -0.2) is 46.9 Å². The number of likely N-dealkylation sites (N-methyl/N-ethyl adjacent to an activating group) is 1. The lowest BCUT2D eigenvalue weighted by atomic mass is 10.3. The van der Waals surface area contributed by atoms with E-state index in [-0.39, 0.29) is 5.91 Å². The first-order chi connectivity index (χ1) is 8.19. The quantitative estimate of drug-likeness (QED) is 0.866. The van der Waals surface area contributed by atoms with Gasteiger partial charge in [-0.05, 0) is 13.3 Å². The van der Waals surface area contributed by atoms with Crippen LogP contribution < -0.4 is 5.73 Å². The molecule has 1 aromatic rings. The minimum Gasteiger partial charge on any atom is -0.375 e. The molecule has 0 bridgehead atoms. The number of hydrogen-bond acceptors (Lipinski definition) is 5. The van der Waals surface area contributed by atoms with Crippen LogP contribution in [0.3, 0.4) is 0 Å². The highest BCUT2D eigenvalue weighted by Crippen LogP contribution is 2.17. The summed E-state index contributed by atoms with van der Waals surface area (Å²) < 4.78 is 0. The molecule has 0 unspecified atom stereocenters. The Morgan fingerprint density at radius 3 is 3.00 bits per heavy atom. The standard InChI is InChI=1S/C11H18N4OS/c1-2-15-5-3-4-14(8-10(15)16)7-9-6-13-11(12)17-9/h6H,2-5,7-8H2,1H3,(H2,12,13). The second-order valence-electron chi connectivity index (χ2n) is 4.20. The summed E-state index contributed by atoms with van der Waals surface area (Å²) in [5, 5.41) is 0.594. The summed E-state index contributed by atoms with van der Waals surface area (Å²) in [6.45, 7) is 5.94. The number of amides is 1. The van der Waals surface area contributed by atoms with Crippen LogP contribution in [0.1, 0.15) is 18.2 Å². The van der Waals surface area contributed by atoms with E-state index in [0.29, 0.717) is 11.7 Å².